The smallest absolute Gasteiger partial charge is 0.134 e. The maximum atomic E-state index is 12.9. The van der Waals surface area contributed by atoms with Gasteiger partial charge in [-0.3, -0.25) is 0 Å². The molecule has 2 aromatic rings. The van der Waals surface area contributed by atoms with Crippen molar-refractivity contribution in [1.82, 2.24) is 0 Å². The Hall–Kier alpha value is -0.580. The van der Waals surface area contributed by atoms with E-state index in [0.717, 1.165) is 26.7 Å². The van der Waals surface area contributed by atoms with Crippen LogP contribution in [0.2, 0.25) is 5.02 Å². The molecule has 0 N–H and O–H groups in total. The summed E-state index contributed by atoms with van der Waals surface area (Å²) in [5, 5.41) is 1.16. The number of hydrogen-bond donors (Lipinski definition) is 0. The largest absolute Gasteiger partial charge is 0.488 e. The first-order valence-electron chi connectivity index (χ1n) is 5.51. The molecule has 5 heteroatoms. The molecule has 0 aliphatic rings. The van der Waals surface area contributed by atoms with E-state index in [1.165, 1.54) is 12.1 Å². The highest BCUT2D eigenvalue weighted by Gasteiger charge is 2.06. The molecule has 19 heavy (non-hydrogen) atoms. The molecule has 0 saturated heterocycles. The third-order valence-electron chi connectivity index (χ3n) is 2.55. The van der Waals surface area contributed by atoms with Crippen LogP contribution in [0.1, 0.15) is 11.1 Å². The molecule has 0 fully saturated rings. The van der Waals surface area contributed by atoms with Gasteiger partial charge in [-0.25, -0.2) is 4.39 Å². The molecular weight excluding hydrogens is 398 g/mol. The zero-order chi connectivity index (χ0) is 13.8. The first-order valence-corrected chi connectivity index (χ1v) is 7.80. The Kier molecular flexibility index (Phi) is 5.25. The summed E-state index contributed by atoms with van der Waals surface area (Å²) in [5.74, 6) is 0.377. The first kappa shape index (κ1) is 14.8. The van der Waals surface area contributed by atoms with Crippen molar-refractivity contribution >= 4 is 43.5 Å². The molecule has 0 saturated carbocycles. The summed E-state index contributed by atoms with van der Waals surface area (Å²) in [6.45, 7) is 0.297. The SMILES string of the molecule is Fc1ccc(COc2ccc(CBr)cc2Br)c(Cl)c1. The van der Waals surface area contributed by atoms with Gasteiger partial charge < -0.3 is 4.74 Å². The third-order valence-corrected chi connectivity index (χ3v) is 4.17. The molecule has 0 aromatic heterocycles. The second kappa shape index (κ2) is 6.73. The number of benzene rings is 2. The number of rotatable bonds is 4. The second-order valence-corrected chi connectivity index (χ2v) is 5.75. The number of halogens is 4. The van der Waals surface area contributed by atoms with Crippen molar-refractivity contribution in [3.63, 3.8) is 0 Å². The molecule has 0 heterocycles. The van der Waals surface area contributed by atoms with Gasteiger partial charge in [0.15, 0.2) is 0 Å². The molecule has 0 atom stereocenters. The molecule has 0 aliphatic heterocycles. The van der Waals surface area contributed by atoms with Gasteiger partial charge in [-0.15, -0.1) is 0 Å². The van der Waals surface area contributed by atoms with Crippen LogP contribution < -0.4 is 4.74 Å². The molecule has 0 unspecified atom stereocenters. The second-order valence-electron chi connectivity index (χ2n) is 3.92. The van der Waals surface area contributed by atoms with E-state index >= 15 is 0 Å². The van der Waals surface area contributed by atoms with E-state index in [1.807, 2.05) is 18.2 Å². The third kappa shape index (κ3) is 3.94. The Bertz CT molecular complexity index is 590. The Balaban J connectivity index is 2.10. The zero-order valence-electron chi connectivity index (χ0n) is 9.80. The van der Waals surface area contributed by atoms with Crippen LogP contribution in [0.4, 0.5) is 4.39 Å². The number of ether oxygens (including phenoxy) is 1. The van der Waals surface area contributed by atoms with Crippen molar-refractivity contribution in [3.05, 3.63) is 62.8 Å². The molecule has 0 aliphatic carbocycles. The summed E-state index contributed by atoms with van der Waals surface area (Å²) < 4.78 is 19.5. The van der Waals surface area contributed by atoms with E-state index in [9.17, 15) is 4.39 Å². The predicted octanol–water partition coefficient (Wildman–Crippen LogP) is 5.72. The number of alkyl halides is 1. The standard InChI is InChI=1S/C14H10Br2ClFO/c15-7-9-1-4-14(12(16)5-9)19-8-10-2-3-11(18)6-13(10)17/h1-6H,7-8H2. The summed E-state index contributed by atoms with van der Waals surface area (Å²) in [6, 6.07) is 10.1. The Morgan fingerprint density at radius 2 is 1.95 bits per heavy atom. The Labute approximate surface area is 133 Å². The van der Waals surface area contributed by atoms with Crippen LogP contribution in [0, 0.1) is 5.82 Å². The molecule has 2 rings (SSSR count). The number of hydrogen-bond acceptors (Lipinski definition) is 1. The minimum Gasteiger partial charge on any atom is -0.488 e. The minimum atomic E-state index is -0.350. The summed E-state index contributed by atoms with van der Waals surface area (Å²) in [5.41, 5.74) is 1.90. The van der Waals surface area contributed by atoms with E-state index in [4.69, 9.17) is 16.3 Å². The predicted molar refractivity (Wildman–Crippen MR) is 82.5 cm³/mol. The Morgan fingerprint density at radius 1 is 1.16 bits per heavy atom. The van der Waals surface area contributed by atoms with Crippen LogP contribution in [-0.2, 0) is 11.9 Å². The van der Waals surface area contributed by atoms with E-state index in [0.29, 0.717) is 11.6 Å². The normalized spacial score (nSPS) is 10.5. The average molecular weight is 408 g/mol. The van der Waals surface area contributed by atoms with Crippen LogP contribution >= 0.6 is 43.5 Å². The fourth-order valence-corrected chi connectivity index (χ4v) is 2.65. The van der Waals surface area contributed by atoms with Crippen molar-refractivity contribution in [1.29, 1.82) is 0 Å². The topological polar surface area (TPSA) is 9.23 Å². The first-order chi connectivity index (χ1) is 9.10. The fourth-order valence-electron chi connectivity index (χ4n) is 1.54. The van der Waals surface area contributed by atoms with Crippen molar-refractivity contribution in [2.75, 3.05) is 0 Å². The molecule has 100 valence electrons. The average Bonchev–Trinajstić information content (AvgIpc) is 2.39. The lowest BCUT2D eigenvalue weighted by atomic mass is 10.2. The molecular formula is C14H10Br2ClFO. The van der Waals surface area contributed by atoms with E-state index in [2.05, 4.69) is 31.9 Å². The van der Waals surface area contributed by atoms with Gasteiger partial charge in [0.2, 0.25) is 0 Å². The van der Waals surface area contributed by atoms with Gasteiger partial charge in [-0.05, 0) is 45.8 Å². The van der Waals surface area contributed by atoms with Crippen molar-refractivity contribution in [3.8, 4) is 5.75 Å². The van der Waals surface area contributed by atoms with Crippen molar-refractivity contribution in [2.45, 2.75) is 11.9 Å². The summed E-state index contributed by atoms with van der Waals surface area (Å²) in [7, 11) is 0. The van der Waals surface area contributed by atoms with Gasteiger partial charge >= 0.3 is 0 Å². The van der Waals surface area contributed by atoms with Crippen LogP contribution in [0.15, 0.2) is 40.9 Å². The lowest BCUT2D eigenvalue weighted by Gasteiger charge is -2.10. The molecule has 0 amide bonds. The minimum absolute atomic E-state index is 0.297. The fraction of sp³-hybridized carbons (Fsp3) is 0.143. The van der Waals surface area contributed by atoms with Gasteiger partial charge in [-0.2, -0.15) is 0 Å². The van der Waals surface area contributed by atoms with Gasteiger partial charge in [-0.1, -0.05) is 39.7 Å². The highest BCUT2D eigenvalue weighted by atomic mass is 79.9. The molecule has 0 radical (unpaired) electrons. The van der Waals surface area contributed by atoms with E-state index in [1.54, 1.807) is 6.07 Å². The Morgan fingerprint density at radius 3 is 2.58 bits per heavy atom. The van der Waals surface area contributed by atoms with Crippen LogP contribution in [-0.4, -0.2) is 0 Å². The van der Waals surface area contributed by atoms with Gasteiger partial charge in [0, 0.05) is 10.9 Å². The molecule has 0 spiro atoms. The zero-order valence-corrected chi connectivity index (χ0v) is 13.7. The lowest BCUT2D eigenvalue weighted by Crippen LogP contribution is -1.97. The maximum Gasteiger partial charge on any atom is 0.134 e. The highest BCUT2D eigenvalue weighted by molar-refractivity contribution is 9.10. The van der Waals surface area contributed by atoms with E-state index < -0.39 is 0 Å². The van der Waals surface area contributed by atoms with Crippen molar-refractivity contribution < 1.29 is 9.13 Å². The molecule has 1 nitrogen and oxygen atoms in total. The maximum absolute atomic E-state index is 12.9. The summed E-state index contributed by atoms with van der Waals surface area (Å²) in [6.07, 6.45) is 0. The highest BCUT2D eigenvalue weighted by Crippen LogP contribution is 2.28. The summed E-state index contributed by atoms with van der Waals surface area (Å²) in [4.78, 5) is 0. The molecule has 2 aromatic carbocycles. The van der Waals surface area contributed by atoms with Gasteiger partial charge in [0.05, 0.1) is 9.50 Å². The van der Waals surface area contributed by atoms with Gasteiger partial charge in [0.25, 0.3) is 0 Å². The van der Waals surface area contributed by atoms with Crippen LogP contribution in [0.25, 0.3) is 0 Å². The lowest BCUT2D eigenvalue weighted by molar-refractivity contribution is 0.304. The van der Waals surface area contributed by atoms with Crippen molar-refractivity contribution in [2.24, 2.45) is 0 Å². The van der Waals surface area contributed by atoms with E-state index in [-0.39, 0.29) is 5.82 Å². The summed E-state index contributed by atoms with van der Waals surface area (Å²) >= 11 is 12.8. The quantitative estimate of drug-likeness (QED) is 0.589. The van der Waals surface area contributed by atoms with Crippen LogP contribution in [0.3, 0.4) is 0 Å². The molecule has 0 bridgehead atoms. The van der Waals surface area contributed by atoms with Crippen LogP contribution in [0.5, 0.6) is 5.75 Å². The monoisotopic (exact) mass is 406 g/mol. The van der Waals surface area contributed by atoms with Gasteiger partial charge in [0.1, 0.15) is 18.2 Å².